The topological polar surface area (TPSA) is 72.8 Å². The number of hydrogen-bond donors (Lipinski definition) is 3. The molecule has 28 heavy (non-hydrogen) atoms. The van der Waals surface area contributed by atoms with Crippen LogP contribution in [0.1, 0.15) is 24.1 Å². The number of guanidine groups is 1. The summed E-state index contributed by atoms with van der Waals surface area (Å²) < 4.78 is 13.4. The van der Waals surface area contributed by atoms with Crippen LogP contribution in [0.2, 0.25) is 0 Å². The zero-order valence-corrected chi connectivity index (χ0v) is 18.3. The van der Waals surface area contributed by atoms with E-state index in [9.17, 15) is 9.50 Å². The van der Waals surface area contributed by atoms with Crippen LogP contribution >= 0.6 is 24.0 Å². The van der Waals surface area contributed by atoms with E-state index in [1.165, 1.54) is 12.1 Å². The van der Waals surface area contributed by atoms with E-state index in [1.807, 2.05) is 18.3 Å². The van der Waals surface area contributed by atoms with Crippen molar-refractivity contribution in [2.75, 3.05) is 20.1 Å². The fourth-order valence-corrected chi connectivity index (χ4v) is 3.19. The van der Waals surface area contributed by atoms with E-state index in [2.05, 4.69) is 31.6 Å². The largest absolute Gasteiger partial charge is 0.505 e. The molecule has 2 heterocycles. The van der Waals surface area contributed by atoms with E-state index in [4.69, 9.17) is 0 Å². The Balaban J connectivity index is 0.00000280. The van der Waals surface area contributed by atoms with Gasteiger partial charge in [0.05, 0.1) is 5.69 Å². The first-order chi connectivity index (χ1) is 13.1. The molecule has 1 aliphatic rings. The Bertz CT molecular complexity index is 766. The van der Waals surface area contributed by atoms with Gasteiger partial charge in [-0.25, -0.2) is 4.39 Å². The van der Waals surface area contributed by atoms with E-state index < -0.39 is 5.82 Å². The summed E-state index contributed by atoms with van der Waals surface area (Å²) in [5.74, 6) is -0.247. The highest BCUT2D eigenvalue weighted by Gasteiger charge is 2.20. The first-order valence-electron chi connectivity index (χ1n) is 9.21. The van der Waals surface area contributed by atoms with Crippen molar-refractivity contribution in [2.45, 2.75) is 32.0 Å². The number of nitrogens with one attached hydrogen (secondary N) is 2. The number of nitrogens with zero attached hydrogens (tertiary/aromatic N) is 3. The van der Waals surface area contributed by atoms with Gasteiger partial charge in [0.25, 0.3) is 0 Å². The summed E-state index contributed by atoms with van der Waals surface area (Å²) in [5.41, 5.74) is 1.85. The lowest BCUT2D eigenvalue weighted by Gasteiger charge is -2.32. The third-order valence-corrected chi connectivity index (χ3v) is 4.74. The Morgan fingerprint density at radius 1 is 1.29 bits per heavy atom. The number of hydrogen-bond acceptors (Lipinski definition) is 4. The first kappa shape index (κ1) is 22.4. The Morgan fingerprint density at radius 2 is 2.07 bits per heavy atom. The van der Waals surface area contributed by atoms with Gasteiger partial charge in [-0.3, -0.25) is 14.9 Å². The zero-order valence-electron chi connectivity index (χ0n) is 15.9. The van der Waals surface area contributed by atoms with Crippen LogP contribution in [0.15, 0.2) is 47.6 Å². The molecule has 0 saturated carbocycles. The van der Waals surface area contributed by atoms with Crippen LogP contribution in [-0.2, 0) is 13.1 Å². The molecule has 0 spiro atoms. The molecule has 2 aromatic rings. The normalized spacial score (nSPS) is 15.7. The Morgan fingerprint density at radius 3 is 2.71 bits per heavy atom. The number of aromatic nitrogens is 1. The fraction of sp³-hybridized carbons (Fsp3) is 0.400. The van der Waals surface area contributed by atoms with Crippen molar-refractivity contribution in [1.29, 1.82) is 0 Å². The van der Waals surface area contributed by atoms with Crippen molar-refractivity contribution in [3.63, 3.8) is 0 Å². The summed E-state index contributed by atoms with van der Waals surface area (Å²) in [6.45, 7) is 3.34. The van der Waals surface area contributed by atoms with E-state index in [0.29, 0.717) is 18.5 Å². The lowest BCUT2D eigenvalue weighted by atomic mass is 10.0. The number of likely N-dealkylation sites (tertiary alicyclic amines) is 1. The van der Waals surface area contributed by atoms with Crippen LogP contribution < -0.4 is 10.6 Å². The minimum Gasteiger partial charge on any atom is -0.505 e. The van der Waals surface area contributed by atoms with Gasteiger partial charge in [-0.15, -0.1) is 24.0 Å². The van der Waals surface area contributed by atoms with Crippen LogP contribution in [0.5, 0.6) is 5.75 Å². The second-order valence-electron chi connectivity index (χ2n) is 6.73. The van der Waals surface area contributed by atoms with Crippen molar-refractivity contribution in [3.05, 3.63) is 59.7 Å². The summed E-state index contributed by atoms with van der Waals surface area (Å²) in [6, 6.07) is 10.7. The number of halogens is 2. The molecule has 0 unspecified atom stereocenters. The van der Waals surface area contributed by atoms with Gasteiger partial charge in [0, 0.05) is 45.5 Å². The molecule has 3 N–H and O–H groups in total. The summed E-state index contributed by atoms with van der Waals surface area (Å²) in [5, 5.41) is 15.9. The second kappa shape index (κ2) is 11.2. The summed E-state index contributed by atoms with van der Waals surface area (Å²) in [6.07, 6.45) is 3.89. The molecule has 6 nitrogen and oxygen atoms in total. The molecule has 1 aromatic carbocycles. The molecular formula is C20H27FIN5O. The maximum Gasteiger partial charge on any atom is 0.191 e. The molecule has 1 fully saturated rings. The SMILES string of the molecule is CN=C(NCc1ccc(O)c(F)c1)NC1CCN(Cc2ccccn2)CC1.I. The maximum atomic E-state index is 13.4. The van der Waals surface area contributed by atoms with Crippen LogP contribution in [0, 0.1) is 5.82 Å². The number of pyridine rings is 1. The average Bonchev–Trinajstić information content (AvgIpc) is 2.70. The van der Waals surface area contributed by atoms with Gasteiger partial charge in [-0.1, -0.05) is 12.1 Å². The molecule has 8 heteroatoms. The van der Waals surface area contributed by atoms with Crippen molar-refractivity contribution < 1.29 is 9.50 Å². The van der Waals surface area contributed by atoms with Gasteiger partial charge in [0.2, 0.25) is 0 Å². The molecule has 0 amide bonds. The Labute approximate surface area is 182 Å². The van der Waals surface area contributed by atoms with Crippen molar-refractivity contribution in [1.82, 2.24) is 20.5 Å². The highest BCUT2D eigenvalue weighted by molar-refractivity contribution is 14.0. The van der Waals surface area contributed by atoms with Crippen LogP contribution in [0.25, 0.3) is 0 Å². The highest BCUT2D eigenvalue weighted by Crippen LogP contribution is 2.16. The molecular weight excluding hydrogens is 472 g/mol. The predicted molar refractivity (Wildman–Crippen MR) is 119 cm³/mol. The van der Waals surface area contributed by atoms with Crippen LogP contribution in [-0.4, -0.2) is 47.1 Å². The quantitative estimate of drug-likeness (QED) is 0.336. The Hall–Kier alpha value is -1.94. The van der Waals surface area contributed by atoms with Gasteiger partial charge in [0.15, 0.2) is 17.5 Å². The number of rotatable bonds is 5. The monoisotopic (exact) mass is 499 g/mol. The lowest BCUT2D eigenvalue weighted by Crippen LogP contribution is -2.48. The van der Waals surface area contributed by atoms with Gasteiger partial charge in [-0.05, 0) is 42.7 Å². The van der Waals surface area contributed by atoms with E-state index in [1.54, 1.807) is 13.1 Å². The summed E-state index contributed by atoms with van der Waals surface area (Å²) in [4.78, 5) is 11.1. The molecule has 0 aliphatic carbocycles. The predicted octanol–water partition coefficient (Wildman–Crippen LogP) is 2.87. The first-order valence-corrected chi connectivity index (χ1v) is 9.21. The standard InChI is InChI=1S/C20H26FN5O.HI/c1-22-20(24-13-15-5-6-19(27)18(21)12-15)25-16-7-10-26(11-8-16)14-17-4-2-3-9-23-17;/h2-6,9,12,16,27H,7-8,10-11,13-14H2,1H3,(H2,22,24,25);1H. The minimum atomic E-state index is -0.613. The summed E-state index contributed by atoms with van der Waals surface area (Å²) >= 11 is 0. The van der Waals surface area contributed by atoms with Gasteiger partial charge in [0.1, 0.15) is 0 Å². The zero-order chi connectivity index (χ0) is 19.1. The fourth-order valence-electron chi connectivity index (χ4n) is 3.19. The Kier molecular flexibility index (Phi) is 8.91. The lowest BCUT2D eigenvalue weighted by molar-refractivity contribution is 0.196. The number of aromatic hydroxyl groups is 1. The van der Waals surface area contributed by atoms with Crippen molar-refractivity contribution in [2.24, 2.45) is 4.99 Å². The van der Waals surface area contributed by atoms with E-state index in [0.717, 1.165) is 43.7 Å². The molecule has 0 atom stereocenters. The van der Waals surface area contributed by atoms with Gasteiger partial charge < -0.3 is 15.7 Å². The highest BCUT2D eigenvalue weighted by atomic mass is 127. The van der Waals surface area contributed by atoms with Gasteiger partial charge in [-0.2, -0.15) is 0 Å². The molecule has 152 valence electrons. The molecule has 0 radical (unpaired) electrons. The number of phenols is 1. The average molecular weight is 499 g/mol. The number of piperidine rings is 1. The summed E-state index contributed by atoms with van der Waals surface area (Å²) in [7, 11) is 1.73. The number of benzene rings is 1. The third-order valence-electron chi connectivity index (χ3n) is 4.74. The molecule has 3 rings (SSSR count). The number of aliphatic imine (C=N–C) groups is 1. The molecule has 0 bridgehead atoms. The van der Waals surface area contributed by atoms with Crippen molar-refractivity contribution in [3.8, 4) is 5.75 Å². The molecule has 1 saturated heterocycles. The maximum absolute atomic E-state index is 13.4. The number of phenolic OH excluding ortho intramolecular Hbond substituents is 1. The second-order valence-corrected chi connectivity index (χ2v) is 6.73. The smallest absolute Gasteiger partial charge is 0.191 e. The third kappa shape index (κ3) is 6.59. The van der Waals surface area contributed by atoms with E-state index >= 15 is 0 Å². The minimum absolute atomic E-state index is 0. The van der Waals surface area contributed by atoms with E-state index in [-0.39, 0.29) is 29.7 Å². The van der Waals surface area contributed by atoms with Crippen LogP contribution in [0.4, 0.5) is 4.39 Å². The molecule has 1 aliphatic heterocycles. The van der Waals surface area contributed by atoms with Crippen LogP contribution in [0.3, 0.4) is 0 Å². The van der Waals surface area contributed by atoms with Crippen molar-refractivity contribution >= 4 is 29.9 Å². The molecule has 1 aromatic heterocycles. The van der Waals surface area contributed by atoms with Gasteiger partial charge >= 0.3 is 0 Å².